The summed E-state index contributed by atoms with van der Waals surface area (Å²) in [7, 11) is 0. The summed E-state index contributed by atoms with van der Waals surface area (Å²) >= 11 is 0. The zero-order valence-electron chi connectivity index (χ0n) is 17.6. The number of hydrogen-bond acceptors (Lipinski definition) is 6. The Labute approximate surface area is 188 Å². The van der Waals surface area contributed by atoms with Crippen LogP contribution in [0.1, 0.15) is 55.4 Å². The Hall–Kier alpha value is -4.53. The van der Waals surface area contributed by atoms with Crippen molar-refractivity contribution >= 4 is 17.7 Å². The third-order valence-electron chi connectivity index (χ3n) is 5.55. The van der Waals surface area contributed by atoms with Gasteiger partial charge in [-0.1, -0.05) is 12.1 Å². The van der Waals surface area contributed by atoms with Crippen LogP contribution in [0.3, 0.4) is 0 Å². The number of nitrogens with one attached hydrogen (secondary N) is 1. The summed E-state index contributed by atoms with van der Waals surface area (Å²) in [6, 6.07) is 15.2. The average Bonchev–Trinajstić information content (AvgIpc) is 3.59. The molecule has 0 radical (unpaired) electrons. The van der Waals surface area contributed by atoms with E-state index in [1.807, 2.05) is 31.2 Å². The molecule has 1 atom stereocenters. The standard InChI is InChI=1S/C24H19N5O4/c1-15(16-4-7-18(8-5-16)29-14-25-13-26-29)27-22(30)17-6-9-20-21(11-17)24(32)28(23(20)31)12-19-3-2-10-33-19/h2-11,13-15H,12H2,1H3,(H,27,30)/t15-/m0/s1. The van der Waals surface area contributed by atoms with Crippen molar-refractivity contribution in [1.29, 1.82) is 0 Å². The first kappa shape index (κ1) is 20.4. The molecule has 0 fully saturated rings. The summed E-state index contributed by atoms with van der Waals surface area (Å²) in [5, 5.41) is 7.02. The molecule has 0 spiro atoms. The van der Waals surface area contributed by atoms with Gasteiger partial charge in [-0.2, -0.15) is 5.10 Å². The minimum Gasteiger partial charge on any atom is -0.467 e. The number of benzene rings is 2. The topological polar surface area (TPSA) is 110 Å². The Kier molecular flexibility index (Phi) is 5.06. The Balaban J connectivity index is 1.30. The van der Waals surface area contributed by atoms with Crippen molar-refractivity contribution in [3.8, 4) is 5.69 Å². The van der Waals surface area contributed by atoms with E-state index in [0.29, 0.717) is 11.3 Å². The molecule has 33 heavy (non-hydrogen) atoms. The number of rotatable bonds is 6. The van der Waals surface area contributed by atoms with Gasteiger partial charge in [-0.05, 0) is 55.0 Å². The molecule has 1 aliphatic heterocycles. The molecule has 164 valence electrons. The first-order chi connectivity index (χ1) is 16.0. The number of imide groups is 1. The van der Waals surface area contributed by atoms with Crippen molar-refractivity contribution < 1.29 is 18.8 Å². The first-order valence-electron chi connectivity index (χ1n) is 10.3. The molecule has 1 aliphatic rings. The Morgan fingerprint density at radius 3 is 2.55 bits per heavy atom. The van der Waals surface area contributed by atoms with E-state index in [2.05, 4.69) is 15.4 Å². The maximum atomic E-state index is 12.8. The van der Waals surface area contributed by atoms with Crippen LogP contribution in [0.5, 0.6) is 0 Å². The lowest BCUT2D eigenvalue weighted by Crippen LogP contribution is -2.29. The lowest BCUT2D eigenvalue weighted by molar-refractivity contribution is 0.0631. The van der Waals surface area contributed by atoms with Crippen LogP contribution >= 0.6 is 0 Å². The van der Waals surface area contributed by atoms with Crippen LogP contribution in [-0.2, 0) is 6.54 Å². The van der Waals surface area contributed by atoms with E-state index in [1.165, 1.54) is 24.7 Å². The highest BCUT2D eigenvalue weighted by Crippen LogP contribution is 2.26. The van der Waals surface area contributed by atoms with Crippen molar-refractivity contribution in [3.63, 3.8) is 0 Å². The molecule has 9 nitrogen and oxygen atoms in total. The highest BCUT2D eigenvalue weighted by molar-refractivity contribution is 6.22. The molecule has 2 aromatic carbocycles. The normalized spacial score (nSPS) is 13.8. The molecule has 0 saturated heterocycles. The molecular weight excluding hydrogens is 422 g/mol. The Morgan fingerprint density at radius 1 is 1.06 bits per heavy atom. The Bertz CT molecular complexity index is 1330. The fourth-order valence-electron chi connectivity index (χ4n) is 3.75. The summed E-state index contributed by atoms with van der Waals surface area (Å²) in [6.45, 7) is 1.91. The van der Waals surface area contributed by atoms with Gasteiger partial charge >= 0.3 is 0 Å². The molecule has 0 bridgehead atoms. The van der Waals surface area contributed by atoms with Crippen molar-refractivity contribution in [2.45, 2.75) is 19.5 Å². The van der Waals surface area contributed by atoms with Crippen LogP contribution in [0.2, 0.25) is 0 Å². The Morgan fingerprint density at radius 2 is 1.85 bits per heavy atom. The fraction of sp³-hybridized carbons (Fsp3) is 0.125. The van der Waals surface area contributed by atoms with Crippen molar-refractivity contribution in [3.05, 3.63) is 102 Å². The predicted molar refractivity (Wildman–Crippen MR) is 117 cm³/mol. The van der Waals surface area contributed by atoms with Gasteiger partial charge in [-0.3, -0.25) is 19.3 Å². The molecule has 9 heteroatoms. The third-order valence-corrected chi connectivity index (χ3v) is 5.55. The number of furan rings is 1. The molecule has 3 amide bonds. The van der Waals surface area contributed by atoms with Crippen LogP contribution < -0.4 is 5.32 Å². The fourth-order valence-corrected chi connectivity index (χ4v) is 3.75. The zero-order valence-corrected chi connectivity index (χ0v) is 17.6. The van der Waals surface area contributed by atoms with E-state index in [1.54, 1.807) is 29.2 Å². The number of hydrogen-bond donors (Lipinski definition) is 1. The summed E-state index contributed by atoms with van der Waals surface area (Å²) in [6.07, 6.45) is 4.55. The molecule has 3 heterocycles. The van der Waals surface area contributed by atoms with Crippen LogP contribution in [0.15, 0.2) is 77.9 Å². The second kappa shape index (κ2) is 8.19. The molecule has 0 aliphatic carbocycles. The van der Waals surface area contributed by atoms with E-state index in [-0.39, 0.29) is 29.6 Å². The van der Waals surface area contributed by atoms with E-state index in [9.17, 15) is 14.4 Å². The molecule has 2 aromatic heterocycles. The predicted octanol–water partition coefficient (Wildman–Crippen LogP) is 3.15. The summed E-state index contributed by atoms with van der Waals surface area (Å²) in [5.74, 6) is -0.682. The number of nitrogens with zero attached hydrogens (tertiary/aromatic N) is 4. The molecule has 1 N–H and O–H groups in total. The van der Waals surface area contributed by atoms with Gasteiger partial charge in [-0.25, -0.2) is 9.67 Å². The summed E-state index contributed by atoms with van der Waals surface area (Å²) in [4.78, 5) is 43.3. The van der Waals surface area contributed by atoms with Gasteiger partial charge in [0.1, 0.15) is 18.4 Å². The monoisotopic (exact) mass is 441 g/mol. The van der Waals surface area contributed by atoms with E-state index in [4.69, 9.17) is 4.42 Å². The highest BCUT2D eigenvalue weighted by atomic mass is 16.3. The lowest BCUT2D eigenvalue weighted by Gasteiger charge is -2.15. The number of carbonyl (C=O) groups excluding carboxylic acids is 3. The van der Waals surface area contributed by atoms with Gasteiger partial charge in [0.05, 0.1) is 35.7 Å². The smallest absolute Gasteiger partial charge is 0.261 e. The highest BCUT2D eigenvalue weighted by Gasteiger charge is 2.36. The second-order valence-corrected chi connectivity index (χ2v) is 7.66. The van der Waals surface area contributed by atoms with Crippen LogP contribution in [-0.4, -0.2) is 37.4 Å². The van der Waals surface area contributed by atoms with Crippen LogP contribution in [0.25, 0.3) is 5.69 Å². The molecule has 0 unspecified atom stereocenters. The third kappa shape index (κ3) is 3.80. The number of amides is 3. The molecule has 0 saturated carbocycles. The van der Waals surface area contributed by atoms with Gasteiger partial charge in [0.25, 0.3) is 17.7 Å². The maximum Gasteiger partial charge on any atom is 0.261 e. The zero-order chi connectivity index (χ0) is 22.9. The minimum atomic E-state index is -0.446. The van der Waals surface area contributed by atoms with Gasteiger partial charge in [0.15, 0.2) is 0 Å². The van der Waals surface area contributed by atoms with Gasteiger partial charge in [0, 0.05) is 5.56 Å². The molecule has 4 aromatic rings. The minimum absolute atomic E-state index is 0.0441. The quantitative estimate of drug-likeness (QED) is 0.460. The summed E-state index contributed by atoms with van der Waals surface area (Å²) in [5.41, 5.74) is 2.56. The van der Waals surface area contributed by atoms with Crippen molar-refractivity contribution in [1.82, 2.24) is 25.0 Å². The van der Waals surface area contributed by atoms with E-state index in [0.717, 1.165) is 16.2 Å². The van der Waals surface area contributed by atoms with Crippen LogP contribution in [0.4, 0.5) is 0 Å². The number of aromatic nitrogens is 3. The number of fused-ring (bicyclic) bond motifs is 1. The molecular formula is C24H19N5O4. The second-order valence-electron chi connectivity index (χ2n) is 7.66. The number of carbonyl (C=O) groups is 3. The summed E-state index contributed by atoms with van der Waals surface area (Å²) < 4.78 is 6.89. The van der Waals surface area contributed by atoms with Gasteiger partial charge in [0.2, 0.25) is 0 Å². The van der Waals surface area contributed by atoms with Crippen molar-refractivity contribution in [2.24, 2.45) is 0 Å². The lowest BCUT2D eigenvalue weighted by atomic mass is 10.0. The molecule has 5 rings (SSSR count). The van der Waals surface area contributed by atoms with E-state index < -0.39 is 11.8 Å². The van der Waals surface area contributed by atoms with Crippen LogP contribution in [0, 0.1) is 0 Å². The largest absolute Gasteiger partial charge is 0.467 e. The average molecular weight is 441 g/mol. The van der Waals surface area contributed by atoms with Crippen molar-refractivity contribution in [2.75, 3.05) is 0 Å². The van der Waals surface area contributed by atoms with E-state index >= 15 is 0 Å². The maximum absolute atomic E-state index is 12.8. The SMILES string of the molecule is C[C@H](NC(=O)c1ccc2c(c1)C(=O)N(Cc1ccco1)C2=O)c1ccc(-n2cncn2)cc1. The first-order valence-corrected chi connectivity index (χ1v) is 10.3. The van der Waals surface area contributed by atoms with Gasteiger partial charge < -0.3 is 9.73 Å². The van der Waals surface area contributed by atoms with Gasteiger partial charge in [-0.15, -0.1) is 0 Å².